The minimum absolute atomic E-state index is 0.0807. The zero-order valence-electron chi connectivity index (χ0n) is 14.4. The lowest BCUT2D eigenvalue weighted by molar-refractivity contribution is 0.145. The summed E-state index contributed by atoms with van der Waals surface area (Å²) < 4.78 is 10.1. The lowest BCUT2D eigenvalue weighted by Crippen LogP contribution is -2.40. The lowest BCUT2D eigenvalue weighted by Gasteiger charge is -2.18. The molecular weight excluding hydrogens is 284 g/mol. The van der Waals surface area contributed by atoms with E-state index in [4.69, 9.17) is 15.2 Å². The van der Waals surface area contributed by atoms with Crippen LogP contribution < -0.4 is 16.4 Å². The number of aliphatic imine (C=N–C) groups is 1. The molecule has 7 heteroatoms. The molecular formula is C15H32N4O3. The lowest BCUT2D eigenvalue weighted by atomic mass is 10.0. The van der Waals surface area contributed by atoms with E-state index in [2.05, 4.69) is 29.5 Å². The molecule has 0 rings (SSSR count). The zero-order chi connectivity index (χ0) is 16.8. The van der Waals surface area contributed by atoms with Crippen molar-refractivity contribution >= 4 is 12.1 Å². The van der Waals surface area contributed by atoms with Crippen molar-refractivity contribution < 1.29 is 14.3 Å². The molecule has 0 fully saturated rings. The van der Waals surface area contributed by atoms with E-state index in [0.29, 0.717) is 31.6 Å². The zero-order valence-corrected chi connectivity index (χ0v) is 14.4. The Morgan fingerprint density at radius 1 is 1.27 bits per heavy atom. The normalized spacial score (nSPS) is 13.0. The van der Waals surface area contributed by atoms with Crippen LogP contribution in [0.1, 0.15) is 40.5 Å². The van der Waals surface area contributed by atoms with Crippen LogP contribution >= 0.6 is 0 Å². The molecule has 0 radical (unpaired) electrons. The van der Waals surface area contributed by atoms with Gasteiger partial charge in [0.2, 0.25) is 0 Å². The van der Waals surface area contributed by atoms with Crippen molar-refractivity contribution in [2.75, 3.05) is 32.9 Å². The van der Waals surface area contributed by atoms with Crippen LogP contribution in [0.5, 0.6) is 0 Å². The number of ether oxygens (including phenoxy) is 2. The molecule has 0 saturated carbocycles. The van der Waals surface area contributed by atoms with E-state index in [0.717, 1.165) is 26.0 Å². The number of carbonyl (C=O) groups is 1. The van der Waals surface area contributed by atoms with Gasteiger partial charge in [-0.3, -0.25) is 4.99 Å². The molecule has 4 N–H and O–H groups in total. The maximum absolute atomic E-state index is 11.5. The number of alkyl carbamates (subject to hydrolysis) is 1. The highest BCUT2D eigenvalue weighted by molar-refractivity contribution is 5.77. The third-order valence-electron chi connectivity index (χ3n) is 2.81. The van der Waals surface area contributed by atoms with Gasteiger partial charge >= 0.3 is 6.09 Å². The Morgan fingerprint density at radius 3 is 2.59 bits per heavy atom. The number of carbonyl (C=O) groups excluding carboxylic acids is 1. The Kier molecular flexibility index (Phi) is 12.3. The van der Waals surface area contributed by atoms with E-state index in [-0.39, 0.29) is 6.04 Å². The Balaban J connectivity index is 4.16. The highest BCUT2D eigenvalue weighted by Crippen LogP contribution is 2.05. The summed E-state index contributed by atoms with van der Waals surface area (Å²) in [6.07, 6.45) is 1.28. The highest BCUT2D eigenvalue weighted by atomic mass is 16.5. The summed E-state index contributed by atoms with van der Waals surface area (Å²) in [6, 6.07) is -0.0807. The van der Waals surface area contributed by atoms with Gasteiger partial charge in [0.25, 0.3) is 0 Å². The van der Waals surface area contributed by atoms with Gasteiger partial charge in [0.1, 0.15) is 0 Å². The van der Waals surface area contributed by atoms with E-state index in [1.54, 1.807) is 6.92 Å². The van der Waals surface area contributed by atoms with Crippen LogP contribution in [-0.2, 0) is 9.47 Å². The quantitative estimate of drug-likeness (QED) is 0.305. The number of hydrogen-bond acceptors (Lipinski definition) is 4. The molecule has 1 atom stereocenters. The van der Waals surface area contributed by atoms with E-state index in [1.807, 2.05) is 6.92 Å². The van der Waals surface area contributed by atoms with Gasteiger partial charge in [-0.15, -0.1) is 0 Å². The molecule has 0 spiro atoms. The Bertz CT molecular complexity index is 322. The second-order valence-corrected chi connectivity index (χ2v) is 5.39. The molecule has 1 amide bonds. The number of nitrogens with one attached hydrogen (secondary N) is 2. The van der Waals surface area contributed by atoms with Crippen molar-refractivity contribution in [1.29, 1.82) is 0 Å². The molecule has 0 aromatic heterocycles. The summed E-state index contributed by atoms with van der Waals surface area (Å²) in [4.78, 5) is 15.8. The van der Waals surface area contributed by atoms with Gasteiger partial charge in [-0.05, 0) is 32.6 Å². The van der Waals surface area contributed by atoms with Gasteiger partial charge in [-0.1, -0.05) is 13.8 Å². The summed E-state index contributed by atoms with van der Waals surface area (Å²) in [5.41, 5.74) is 5.81. The smallest absolute Gasteiger partial charge is 0.407 e. The Labute approximate surface area is 134 Å². The number of amides is 1. The van der Waals surface area contributed by atoms with Crippen LogP contribution in [0.4, 0.5) is 4.79 Å². The predicted octanol–water partition coefficient (Wildman–Crippen LogP) is 1.48. The summed E-state index contributed by atoms with van der Waals surface area (Å²) in [6.45, 7) is 10.9. The number of hydrogen-bond donors (Lipinski definition) is 3. The maximum Gasteiger partial charge on any atom is 0.407 e. The molecule has 0 aromatic carbocycles. The van der Waals surface area contributed by atoms with E-state index in [9.17, 15) is 4.79 Å². The second kappa shape index (κ2) is 13.2. The first-order valence-corrected chi connectivity index (χ1v) is 8.04. The maximum atomic E-state index is 11.5. The van der Waals surface area contributed by atoms with E-state index in [1.165, 1.54) is 0 Å². The molecule has 0 bridgehead atoms. The topological polar surface area (TPSA) is 98.0 Å². The van der Waals surface area contributed by atoms with Crippen molar-refractivity contribution in [3.8, 4) is 0 Å². The molecule has 0 aromatic rings. The molecule has 7 nitrogen and oxygen atoms in total. The number of guanidine groups is 1. The van der Waals surface area contributed by atoms with Crippen LogP contribution in [0.25, 0.3) is 0 Å². The van der Waals surface area contributed by atoms with Gasteiger partial charge in [0, 0.05) is 19.8 Å². The van der Waals surface area contributed by atoms with Crippen molar-refractivity contribution in [3.05, 3.63) is 0 Å². The van der Waals surface area contributed by atoms with Gasteiger partial charge < -0.3 is 25.8 Å². The monoisotopic (exact) mass is 316 g/mol. The first-order valence-electron chi connectivity index (χ1n) is 8.04. The summed E-state index contributed by atoms with van der Waals surface area (Å²) in [5, 5.41) is 5.85. The Morgan fingerprint density at radius 2 is 2.00 bits per heavy atom. The molecule has 0 heterocycles. The fourth-order valence-corrected chi connectivity index (χ4v) is 1.89. The predicted molar refractivity (Wildman–Crippen MR) is 89.0 cm³/mol. The van der Waals surface area contributed by atoms with Crippen molar-refractivity contribution in [2.45, 2.75) is 46.6 Å². The molecule has 0 aliphatic carbocycles. The summed E-state index contributed by atoms with van der Waals surface area (Å²) >= 11 is 0. The van der Waals surface area contributed by atoms with Crippen LogP contribution in [0.2, 0.25) is 0 Å². The Hall–Kier alpha value is -1.50. The molecule has 0 aliphatic rings. The van der Waals surface area contributed by atoms with E-state index < -0.39 is 6.09 Å². The second-order valence-electron chi connectivity index (χ2n) is 5.39. The largest absolute Gasteiger partial charge is 0.450 e. The third kappa shape index (κ3) is 12.3. The van der Waals surface area contributed by atoms with Gasteiger partial charge in [0.15, 0.2) is 5.96 Å². The van der Waals surface area contributed by atoms with Crippen LogP contribution in [-0.4, -0.2) is 51.0 Å². The van der Waals surface area contributed by atoms with Gasteiger partial charge in [-0.25, -0.2) is 4.79 Å². The van der Waals surface area contributed by atoms with Crippen LogP contribution in [0, 0.1) is 5.92 Å². The van der Waals surface area contributed by atoms with Gasteiger partial charge in [-0.2, -0.15) is 0 Å². The molecule has 130 valence electrons. The first-order chi connectivity index (χ1) is 10.5. The SMILES string of the molecule is CCOCCCNC(N)=NCC(CC(C)C)NC(=O)OCC. The standard InChI is InChI=1S/C15H32N4O3/c1-5-21-9-7-8-17-14(16)18-11-13(10-12(3)4)19-15(20)22-6-2/h12-13H,5-11H2,1-4H3,(H,19,20)(H3,16,17,18). The average Bonchev–Trinajstić information content (AvgIpc) is 2.44. The number of nitrogens with two attached hydrogens (primary N) is 1. The van der Waals surface area contributed by atoms with Crippen molar-refractivity contribution in [1.82, 2.24) is 10.6 Å². The highest BCUT2D eigenvalue weighted by Gasteiger charge is 2.14. The molecule has 0 aliphatic heterocycles. The summed E-state index contributed by atoms with van der Waals surface area (Å²) in [5.74, 6) is 0.832. The molecule has 1 unspecified atom stereocenters. The average molecular weight is 316 g/mol. The van der Waals surface area contributed by atoms with Crippen LogP contribution in [0.15, 0.2) is 4.99 Å². The minimum Gasteiger partial charge on any atom is -0.450 e. The third-order valence-corrected chi connectivity index (χ3v) is 2.81. The minimum atomic E-state index is -0.411. The molecule has 22 heavy (non-hydrogen) atoms. The fraction of sp³-hybridized carbons (Fsp3) is 0.867. The van der Waals surface area contributed by atoms with E-state index >= 15 is 0 Å². The first kappa shape index (κ1) is 20.5. The number of nitrogens with zero attached hydrogens (tertiary/aromatic N) is 1. The van der Waals surface area contributed by atoms with Crippen molar-refractivity contribution in [3.63, 3.8) is 0 Å². The van der Waals surface area contributed by atoms with Gasteiger partial charge in [0.05, 0.1) is 19.2 Å². The molecule has 0 saturated heterocycles. The number of rotatable bonds is 11. The fourth-order valence-electron chi connectivity index (χ4n) is 1.89. The summed E-state index contributed by atoms with van der Waals surface area (Å²) in [7, 11) is 0. The van der Waals surface area contributed by atoms with Crippen LogP contribution in [0.3, 0.4) is 0 Å². The van der Waals surface area contributed by atoms with Crippen molar-refractivity contribution in [2.24, 2.45) is 16.6 Å².